The quantitative estimate of drug-likeness (QED) is 0.836. The minimum atomic E-state index is -0.600. The number of anilines is 1. The van der Waals surface area contributed by atoms with Gasteiger partial charge in [-0.2, -0.15) is 4.98 Å². The van der Waals surface area contributed by atoms with Crippen molar-refractivity contribution in [1.29, 1.82) is 0 Å². The predicted molar refractivity (Wildman–Crippen MR) is 110 cm³/mol. The molecule has 6 nitrogen and oxygen atoms in total. The lowest BCUT2D eigenvalue weighted by Crippen LogP contribution is -2.41. The molecule has 1 aliphatic heterocycles. The Bertz CT molecular complexity index is 869. The molecule has 2 heterocycles. The Balaban J connectivity index is 1.56. The number of nitrogen functional groups attached to an aromatic ring is 1. The van der Waals surface area contributed by atoms with Crippen LogP contribution < -0.4 is 10.5 Å². The van der Waals surface area contributed by atoms with Crippen LogP contribution in [0, 0.1) is 5.92 Å². The summed E-state index contributed by atoms with van der Waals surface area (Å²) in [5, 5.41) is 9.14. The topological polar surface area (TPSA) is 93.6 Å². The average Bonchev–Trinajstić information content (AvgIpc) is 2.68. The van der Waals surface area contributed by atoms with E-state index in [0.29, 0.717) is 35.8 Å². The van der Waals surface area contributed by atoms with Crippen LogP contribution in [-0.2, 0) is 0 Å². The zero-order valence-corrected chi connectivity index (χ0v) is 16.6. The van der Waals surface area contributed by atoms with Gasteiger partial charge in [-0.15, -0.1) is 0 Å². The predicted octanol–water partition coefficient (Wildman–Crippen LogP) is 4.01. The smallest absolute Gasteiger partial charge is 0.246 e. The zero-order valence-electron chi connectivity index (χ0n) is 16.6. The maximum absolute atomic E-state index is 9.14. The van der Waals surface area contributed by atoms with E-state index in [4.69, 9.17) is 20.6 Å². The highest BCUT2D eigenvalue weighted by atomic mass is 16.5. The van der Waals surface area contributed by atoms with Crippen molar-refractivity contribution in [2.24, 2.45) is 10.9 Å². The van der Waals surface area contributed by atoms with Crippen molar-refractivity contribution >= 4 is 17.2 Å². The third kappa shape index (κ3) is 3.61. The van der Waals surface area contributed by atoms with Gasteiger partial charge in [0.2, 0.25) is 5.88 Å². The van der Waals surface area contributed by atoms with E-state index >= 15 is 0 Å². The van der Waals surface area contributed by atoms with Crippen LogP contribution in [0.5, 0.6) is 5.88 Å². The van der Waals surface area contributed by atoms with Crippen LogP contribution >= 0.6 is 0 Å². The van der Waals surface area contributed by atoms with E-state index in [1.165, 1.54) is 37.6 Å². The van der Waals surface area contributed by atoms with E-state index in [-0.39, 0.29) is 0 Å². The van der Waals surface area contributed by atoms with Crippen molar-refractivity contribution in [3.8, 4) is 5.88 Å². The maximum Gasteiger partial charge on any atom is 0.246 e. The van der Waals surface area contributed by atoms with Gasteiger partial charge in [0.05, 0.1) is 5.71 Å². The summed E-state index contributed by atoms with van der Waals surface area (Å²) >= 11 is 0. The highest BCUT2D eigenvalue weighted by Gasteiger charge is 2.35. The van der Waals surface area contributed by atoms with Gasteiger partial charge in [-0.3, -0.25) is 0 Å². The van der Waals surface area contributed by atoms with Gasteiger partial charge in [-0.05, 0) is 63.4 Å². The molecule has 1 saturated carbocycles. The number of benzene rings is 1. The summed E-state index contributed by atoms with van der Waals surface area (Å²) in [5.41, 5.74) is 9.11. The Kier molecular flexibility index (Phi) is 5.06. The molecule has 0 saturated heterocycles. The lowest BCUT2D eigenvalue weighted by molar-refractivity contribution is 0.171. The van der Waals surface area contributed by atoms with E-state index in [2.05, 4.69) is 34.2 Å². The molecule has 0 radical (unpaired) electrons. The Morgan fingerprint density at radius 1 is 1.11 bits per heavy atom. The fraction of sp³-hybridized carbons (Fsp3) is 0.500. The van der Waals surface area contributed by atoms with Crippen LogP contribution in [-0.4, -0.2) is 33.0 Å². The van der Waals surface area contributed by atoms with E-state index in [9.17, 15) is 0 Å². The van der Waals surface area contributed by atoms with Crippen LogP contribution in [0.2, 0.25) is 0 Å². The first-order chi connectivity index (χ1) is 13.5. The molecule has 148 valence electrons. The maximum atomic E-state index is 9.14. The minimum absolute atomic E-state index is 0.308. The Labute approximate surface area is 165 Å². The van der Waals surface area contributed by atoms with Gasteiger partial charge >= 0.3 is 0 Å². The zero-order chi connectivity index (χ0) is 19.7. The molecule has 1 aromatic heterocycles. The molecular formula is C22H28N4O2. The molecule has 4 rings (SSSR count). The number of aliphatic imine (C=N–C) groups is 1. The molecular weight excluding hydrogens is 352 g/mol. The van der Waals surface area contributed by atoms with Crippen LogP contribution in [0.4, 0.5) is 11.5 Å². The first kappa shape index (κ1) is 18.9. The number of aliphatic hydroxyl groups is 1. The van der Waals surface area contributed by atoms with Crippen LogP contribution in [0.15, 0.2) is 35.6 Å². The molecule has 0 bridgehead atoms. The second-order valence-electron chi connectivity index (χ2n) is 8.34. The molecule has 2 aliphatic rings. The molecule has 0 amide bonds. The largest absolute Gasteiger partial charge is 0.463 e. The van der Waals surface area contributed by atoms with Gasteiger partial charge < -0.3 is 15.6 Å². The molecule has 2 aromatic rings. The first-order valence-corrected chi connectivity index (χ1v) is 10.1. The number of nitrogens with two attached hydrogens (primary N) is 1. The second kappa shape index (κ2) is 7.51. The molecule has 1 aromatic carbocycles. The van der Waals surface area contributed by atoms with Crippen molar-refractivity contribution in [3.63, 3.8) is 0 Å². The van der Waals surface area contributed by atoms with Crippen LogP contribution in [0.3, 0.4) is 0 Å². The number of hydrogen-bond donors (Lipinski definition) is 2. The Hall–Kier alpha value is -2.47. The summed E-state index contributed by atoms with van der Waals surface area (Å²) in [5.74, 6) is 2.04. The average molecular weight is 380 g/mol. The molecule has 0 atom stereocenters. The van der Waals surface area contributed by atoms with E-state index < -0.39 is 5.60 Å². The number of nitrogens with zero attached hydrogens (tertiary/aromatic N) is 3. The summed E-state index contributed by atoms with van der Waals surface area (Å²) in [7, 11) is 0. The van der Waals surface area contributed by atoms with Crippen LogP contribution in [0.1, 0.15) is 63.0 Å². The van der Waals surface area contributed by atoms with Gasteiger partial charge in [-0.1, -0.05) is 24.3 Å². The third-order valence-corrected chi connectivity index (χ3v) is 6.00. The van der Waals surface area contributed by atoms with Crippen molar-refractivity contribution in [2.75, 3.05) is 12.3 Å². The number of hydrogen-bond acceptors (Lipinski definition) is 6. The van der Waals surface area contributed by atoms with E-state index in [1.54, 1.807) is 0 Å². The molecule has 1 fully saturated rings. The number of ether oxygens (including phenoxy) is 1. The van der Waals surface area contributed by atoms with Crippen molar-refractivity contribution < 1.29 is 9.84 Å². The molecule has 0 spiro atoms. The molecule has 28 heavy (non-hydrogen) atoms. The van der Waals surface area contributed by atoms with Gasteiger partial charge in [0, 0.05) is 12.2 Å². The van der Waals surface area contributed by atoms with Gasteiger partial charge in [-0.25, -0.2) is 9.98 Å². The van der Waals surface area contributed by atoms with E-state index in [0.717, 1.165) is 17.7 Å². The molecule has 0 unspecified atom stereocenters. The second-order valence-corrected chi connectivity index (χ2v) is 8.34. The summed E-state index contributed by atoms with van der Waals surface area (Å²) in [6.07, 6.45) is 7.14. The number of aromatic nitrogens is 2. The van der Waals surface area contributed by atoms with Gasteiger partial charge in [0.15, 0.2) is 11.5 Å². The SMILES string of the molecule is CC1(C)Oc2ncnc(N)c2N=C1c1ccc([C@H]2CC[C@@H](CCO)CC2)cc1. The highest BCUT2D eigenvalue weighted by molar-refractivity contribution is 6.09. The number of aliphatic hydroxyl groups excluding tert-OH is 1. The Morgan fingerprint density at radius 3 is 2.50 bits per heavy atom. The third-order valence-electron chi connectivity index (χ3n) is 6.00. The fourth-order valence-electron chi connectivity index (χ4n) is 4.38. The normalized spacial score (nSPS) is 23.5. The molecule has 1 aliphatic carbocycles. The van der Waals surface area contributed by atoms with Crippen molar-refractivity contribution in [3.05, 3.63) is 41.7 Å². The number of fused-ring (bicyclic) bond motifs is 1. The van der Waals surface area contributed by atoms with Crippen molar-refractivity contribution in [2.45, 2.75) is 57.5 Å². The molecule has 3 N–H and O–H groups in total. The highest BCUT2D eigenvalue weighted by Crippen LogP contribution is 2.40. The summed E-state index contributed by atoms with van der Waals surface area (Å²) in [6.45, 7) is 4.29. The Morgan fingerprint density at radius 2 is 1.82 bits per heavy atom. The minimum Gasteiger partial charge on any atom is -0.463 e. The fourth-order valence-corrected chi connectivity index (χ4v) is 4.38. The summed E-state index contributed by atoms with van der Waals surface area (Å²) in [4.78, 5) is 12.9. The lowest BCUT2D eigenvalue weighted by Gasteiger charge is -2.32. The van der Waals surface area contributed by atoms with Crippen molar-refractivity contribution in [1.82, 2.24) is 9.97 Å². The molecule has 6 heteroatoms. The summed E-state index contributed by atoms with van der Waals surface area (Å²) < 4.78 is 6.07. The standard InChI is InChI=1S/C22H28N4O2/c1-22(2)19(26-18-20(23)24-13-25-21(18)28-22)17-9-7-16(8-10-17)15-5-3-14(4-6-15)11-12-27/h7-10,13-15,27H,3-6,11-12H2,1-2H3,(H2,23,24,25)/t14-,15+. The monoisotopic (exact) mass is 380 g/mol. The van der Waals surface area contributed by atoms with E-state index in [1.807, 2.05) is 13.8 Å². The van der Waals surface area contributed by atoms with Gasteiger partial charge in [0.1, 0.15) is 11.9 Å². The lowest BCUT2D eigenvalue weighted by atomic mass is 9.77. The number of rotatable bonds is 4. The van der Waals surface area contributed by atoms with Crippen LogP contribution in [0.25, 0.3) is 0 Å². The summed E-state index contributed by atoms with van der Waals surface area (Å²) in [6, 6.07) is 8.69. The van der Waals surface area contributed by atoms with Gasteiger partial charge in [0.25, 0.3) is 0 Å². The first-order valence-electron chi connectivity index (χ1n) is 10.1.